The van der Waals surface area contributed by atoms with Crippen molar-refractivity contribution in [2.24, 2.45) is 5.92 Å². The summed E-state index contributed by atoms with van der Waals surface area (Å²) in [5.41, 5.74) is 2.09. The van der Waals surface area contributed by atoms with Crippen molar-refractivity contribution in [1.29, 1.82) is 0 Å². The van der Waals surface area contributed by atoms with Gasteiger partial charge in [-0.2, -0.15) is 0 Å². The molecule has 4 nitrogen and oxygen atoms in total. The molecule has 0 bridgehead atoms. The molecule has 0 unspecified atom stereocenters. The molecule has 4 heteroatoms. The molecule has 1 heterocycles. The quantitative estimate of drug-likeness (QED) is 0.840. The van der Waals surface area contributed by atoms with Gasteiger partial charge >= 0.3 is 0 Å². The molecular formula is C18H24N2O2. The van der Waals surface area contributed by atoms with Crippen molar-refractivity contribution < 1.29 is 9.90 Å². The van der Waals surface area contributed by atoms with Crippen LogP contribution >= 0.6 is 0 Å². The van der Waals surface area contributed by atoms with Crippen LogP contribution in [0, 0.1) is 5.92 Å². The van der Waals surface area contributed by atoms with Crippen LogP contribution in [0.5, 0.6) is 0 Å². The van der Waals surface area contributed by atoms with Gasteiger partial charge in [0.15, 0.2) is 0 Å². The summed E-state index contributed by atoms with van der Waals surface area (Å²) in [5, 5.41) is 12.6. The Balaban J connectivity index is 1.56. The van der Waals surface area contributed by atoms with Gasteiger partial charge in [0, 0.05) is 31.2 Å². The molecule has 22 heavy (non-hydrogen) atoms. The lowest BCUT2D eigenvalue weighted by molar-refractivity contribution is -0.119. The molecule has 2 aliphatic rings. The van der Waals surface area contributed by atoms with Gasteiger partial charge in [0.2, 0.25) is 5.91 Å². The Morgan fingerprint density at radius 3 is 2.68 bits per heavy atom. The maximum absolute atomic E-state index is 12.2. The summed E-state index contributed by atoms with van der Waals surface area (Å²) in [6, 6.07) is 8.10. The predicted octanol–water partition coefficient (Wildman–Crippen LogP) is 2.55. The van der Waals surface area contributed by atoms with Gasteiger partial charge in [-0.25, -0.2) is 0 Å². The maximum atomic E-state index is 12.2. The van der Waals surface area contributed by atoms with E-state index in [9.17, 15) is 9.90 Å². The second-order valence-corrected chi connectivity index (χ2v) is 6.34. The number of hydrogen-bond donors (Lipinski definition) is 2. The molecule has 1 aromatic rings. The molecule has 118 valence electrons. The molecule has 2 N–H and O–H groups in total. The van der Waals surface area contributed by atoms with Crippen molar-refractivity contribution >= 4 is 11.6 Å². The van der Waals surface area contributed by atoms with Gasteiger partial charge in [-0.3, -0.25) is 9.69 Å². The van der Waals surface area contributed by atoms with Crippen LogP contribution in [0.1, 0.15) is 31.2 Å². The average Bonchev–Trinajstić information content (AvgIpc) is 3.04. The molecular weight excluding hydrogens is 276 g/mol. The number of nitrogens with one attached hydrogen (secondary N) is 1. The summed E-state index contributed by atoms with van der Waals surface area (Å²) in [4.78, 5) is 14.5. The van der Waals surface area contributed by atoms with Gasteiger partial charge < -0.3 is 10.4 Å². The zero-order valence-electron chi connectivity index (χ0n) is 12.9. The summed E-state index contributed by atoms with van der Waals surface area (Å²) in [7, 11) is 0. The van der Waals surface area contributed by atoms with Gasteiger partial charge in [0.25, 0.3) is 0 Å². The van der Waals surface area contributed by atoms with Crippen LogP contribution in [0.15, 0.2) is 36.4 Å². The van der Waals surface area contributed by atoms with E-state index in [0.717, 1.165) is 51.0 Å². The number of amides is 1. The van der Waals surface area contributed by atoms with Gasteiger partial charge in [-0.15, -0.1) is 0 Å². The number of hydrogen-bond acceptors (Lipinski definition) is 3. The van der Waals surface area contributed by atoms with Crippen LogP contribution in [0.3, 0.4) is 0 Å². The van der Waals surface area contributed by atoms with Crippen LogP contribution < -0.4 is 5.32 Å². The lowest BCUT2D eigenvalue weighted by atomic mass is 10.1. The van der Waals surface area contributed by atoms with E-state index in [0.29, 0.717) is 0 Å². The van der Waals surface area contributed by atoms with Crippen LogP contribution in [-0.2, 0) is 11.3 Å². The van der Waals surface area contributed by atoms with E-state index in [-0.39, 0.29) is 17.9 Å². The molecule has 1 aliphatic heterocycles. The Kier molecular flexibility index (Phi) is 4.90. The molecule has 1 fully saturated rings. The van der Waals surface area contributed by atoms with E-state index in [4.69, 9.17) is 0 Å². The van der Waals surface area contributed by atoms with Crippen molar-refractivity contribution in [3.63, 3.8) is 0 Å². The van der Waals surface area contributed by atoms with Crippen molar-refractivity contribution in [3.8, 4) is 0 Å². The number of likely N-dealkylation sites (tertiary alicyclic amines) is 1. The number of carbonyl (C=O) groups is 1. The third kappa shape index (κ3) is 3.96. The summed E-state index contributed by atoms with van der Waals surface area (Å²) < 4.78 is 0. The molecule has 0 aromatic heterocycles. The van der Waals surface area contributed by atoms with Crippen molar-refractivity contribution in [2.45, 2.75) is 38.3 Å². The number of aliphatic hydroxyl groups is 1. The average molecular weight is 300 g/mol. The molecule has 0 saturated carbocycles. The second-order valence-electron chi connectivity index (χ2n) is 6.34. The van der Waals surface area contributed by atoms with Crippen molar-refractivity contribution in [2.75, 3.05) is 18.4 Å². The summed E-state index contributed by atoms with van der Waals surface area (Å²) >= 11 is 0. The summed E-state index contributed by atoms with van der Waals surface area (Å²) in [5.74, 6) is 0.204. The molecule has 1 aromatic carbocycles. The molecule has 0 radical (unpaired) electrons. The highest BCUT2D eigenvalue weighted by molar-refractivity contribution is 5.93. The van der Waals surface area contributed by atoms with Crippen molar-refractivity contribution in [3.05, 3.63) is 42.0 Å². The third-order valence-electron chi connectivity index (χ3n) is 4.54. The number of rotatable bonds is 4. The number of benzene rings is 1. The summed E-state index contributed by atoms with van der Waals surface area (Å²) in [6.07, 6.45) is 7.41. The molecule has 3 rings (SSSR count). The fraction of sp³-hybridized carbons (Fsp3) is 0.500. The van der Waals surface area contributed by atoms with E-state index in [2.05, 4.69) is 34.5 Å². The zero-order chi connectivity index (χ0) is 15.4. The summed E-state index contributed by atoms with van der Waals surface area (Å²) in [6.45, 7) is 2.75. The Bertz CT molecular complexity index is 540. The predicted molar refractivity (Wildman–Crippen MR) is 87.5 cm³/mol. The van der Waals surface area contributed by atoms with E-state index in [1.807, 2.05) is 12.1 Å². The number of aliphatic hydroxyl groups excluding tert-OH is 1. The molecule has 1 amide bonds. The van der Waals surface area contributed by atoms with Gasteiger partial charge in [-0.05, 0) is 43.4 Å². The fourth-order valence-corrected chi connectivity index (χ4v) is 3.16. The highest BCUT2D eigenvalue weighted by atomic mass is 16.3. The topological polar surface area (TPSA) is 52.6 Å². The van der Waals surface area contributed by atoms with Crippen LogP contribution in [0.2, 0.25) is 0 Å². The number of allylic oxidation sites excluding steroid dienone is 2. The van der Waals surface area contributed by atoms with Crippen LogP contribution in [0.4, 0.5) is 5.69 Å². The zero-order valence-corrected chi connectivity index (χ0v) is 12.9. The Labute approximate surface area is 131 Å². The Morgan fingerprint density at radius 1 is 1.23 bits per heavy atom. The number of piperidine rings is 1. The second kappa shape index (κ2) is 7.07. The van der Waals surface area contributed by atoms with Crippen molar-refractivity contribution in [1.82, 2.24) is 4.90 Å². The normalized spacial score (nSPS) is 20.4. The molecule has 0 spiro atoms. The van der Waals surface area contributed by atoms with Crippen LogP contribution in [0.25, 0.3) is 0 Å². The van der Waals surface area contributed by atoms with E-state index >= 15 is 0 Å². The fourth-order valence-electron chi connectivity index (χ4n) is 3.16. The van der Waals surface area contributed by atoms with Crippen LogP contribution in [-0.4, -0.2) is 35.1 Å². The third-order valence-corrected chi connectivity index (χ3v) is 4.54. The molecule has 0 atom stereocenters. The van der Waals surface area contributed by atoms with E-state index < -0.39 is 0 Å². The minimum atomic E-state index is -0.137. The first kappa shape index (κ1) is 15.3. The van der Waals surface area contributed by atoms with Gasteiger partial charge in [0.05, 0.1) is 6.10 Å². The Hall–Kier alpha value is -1.65. The van der Waals surface area contributed by atoms with Gasteiger partial charge in [0.1, 0.15) is 0 Å². The number of anilines is 1. The minimum absolute atomic E-state index is 0.0900. The molecule has 1 saturated heterocycles. The highest BCUT2D eigenvalue weighted by Crippen LogP contribution is 2.21. The van der Waals surface area contributed by atoms with E-state index in [1.54, 1.807) is 0 Å². The minimum Gasteiger partial charge on any atom is -0.393 e. The Morgan fingerprint density at radius 2 is 1.95 bits per heavy atom. The maximum Gasteiger partial charge on any atom is 0.228 e. The van der Waals surface area contributed by atoms with E-state index in [1.165, 1.54) is 5.56 Å². The SMILES string of the molecule is O=C(Nc1cccc(CN2CCC(O)CC2)c1)C1CC=CC1. The lowest BCUT2D eigenvalue weighted by Gasteiger charge is -2.29. The first-order chi connectivity index (χ1) is 10.7. The number of carbonyl (C=O) groups excluding carboxylic acids is 1. The lowest BCUT2D eigenvalue weighted by Crippen LogP contribution is -2.35. The number of nitrogens with zero attached hydrogens (tertiary/aromatic N) is 1. The van der Waals surface area contributed by atoms with Gasteiger partial charge in [-0.1, -0.05) is 24.3 Å². The smallest absolute Gasteiger partial charge is 0.228 e. The monoisotopic (exact) mass is 300 g/mol. The largest absolute Gasteiger partial charge is 0.393 e. The standard InChI is InChI=1S/C18H24N2O2/c21-17-8-10-20(11-9-17)13-14-4-3-7-16(12-14)19-18(22)15-5-1-2-6-15/h1-4,7,12,15,17,21H,5-6,8-11,13H2,(H,19,22). The highest BCUT2D eigenvalue weighted by Gasteiger charge is 2.20. The molecule has 1 aliphatic carbocycles. The first-order valence-electron chi connectivity index (χ1n) is 8.16. The first-order valence-corrected chi connectivity index (χ1v) is 8.16.